The van der Waals surface area contributed by atoms with Gasteiger partial charge < -0.3 is 0 Å². The first-order valence-corrected chi connectivity index (χ1v) is 8.56. The summed E-state index contributed by atoms with van der Waals surface area (Å²) in [6, 6.07) is 9.11. The van der Waals surface area contributed by atoms with Gasteiger partial charge in [-0.25, -0.2) is 0 Å². The molecular weight excluding hydrogens is 252 g/mol. The average molecular weight is 276 g/mol. The Morgan fingerprint density at radius 1 is 0.857 bits per heavy atom. The van der Waals surface area contributed by atoms with Crippen LogP contribution in [0.1, 0.15) is 55.6 Å². The highest BCUT2D eigenvalue weighted by atomic mass is 14.3. The molecule has 108 valence electrons. The van der Waals surface area contributed by atoms with Gasteiger partial charge in [0.15, 0.2) is 0 Å². The van der Waals surface area contributed by atoms with Crippen LogP contribution in [0.15, 0.2) is 54.1 Å². The van der Waals surface area contributed by atoms with Gasteiger partial charge >= 0.3 is 0 Å². The van der Waals surface area contributed by atoms with Crippen molar-refractivity contribution in [1.82, 2.24) is 0 Å². The molecule has 4 rings (SSSR count). The van der Waals surface area contributed by atoms with Crippen LogP contribution in [-0.4, -0.2) is 0 Å². The summed E-state index contributed by atoms with van der Waals surface area (Å²) in [4.78, 5) is 0. The second-order valence-corrected chi connectivity index (χ2v) is 6.85. The lowest BCUT2D eigenvalue weighted by atomic mass is 9.69. The van der Waals surface area contributed by atoms with Crippen molar-refractivity contribution in [2.24, 2.45) is 11.8 Å². The van der Waals surface area contributed by atoms with Crippen molar-refractivity contribution in [3.8, 4) is 0 Å². The molecule has 1 atom stereocenters. The second kappa shape index (κ2) is 5.67. The lowest BCUT2D eigenvalue weighted by Gasteiger charge is -2.35. The summed E-state index contributed by atoms with van der Waals surface area (Å²) in [6.45, 7) is 0. The van der Waals surface area contributed by atoms with E-state index >= 15 is 0 Å². The Labute approximate surface area is 128 Å². The van der Waals surface area contributed by atoms with E-state index < -0.39 is 0 Å². The predicted molar refractivity (Wildman–Crippen MR) is 90.1 cm³/mol. The lowest BCUT2D eigenvalue weighted by molar-refractivity contribution is 0.299. The minimum absolute atomic E-state index is 0.546. The number of hydrogen-bond acceptors (Lipinski definition) is 0. The van der Waals surface area contributed by atoms with Crippen molar-refractivity contribution in [1.29, 1.82) is 0 Å². The molecule has 1 fully saturated rings. The minimum Gasteiger partial charge on any atom is -0.0736 e. The molecule has 0 nitrogen and oxygen atoms in total. The van der Waals surface area contributed by atoms with E-state index in [1.54, 1.807) is 11.1 Å². The lowest BCUT2D eigenvalue weighted by Crippen LogP contribution is -2.21. The van der Waals surface area contributed by atoms with E-state index in [1.807, 2.05) is 0 Å². The summed E-state index contributed by atoms with van der Waals surface area (Å²) in [5.41, 5.74) is 4.71. The number of hydrogen-bond donors (Lipinski definition) is 0. The van der Waals surface area contributed by atoms with Crippen molar-refractivity contribution in [3.63, 3.8) is 0 Å². The zero-order chi connectivity index (χ0) is 14.1. The molecule has 0 aromatic heterocycles. The monoisotopic (exact) mass is 276 g/mol. The fraction of sp³-hybridized carbons (Fsp3) is 0.429. The molecule has 3 aliphatic carbocycles. The van der Waals surface area contributed by atoms with Crippen molar-refractivity contribution in [3.05, 3.63) is 65.3 Å². The summed E-state index contributed by atoms with van der Waals surface area (Å²) in [7, 11) is 0. The van der Waals surface area contributed by atoms with E-state index in [0.29, 0.717) is 5.92 Å². The van der Waals surface area contributed by atoms with E-state index in [1.165, 1.54) is 44.1 Å². The first-order chi connectivity index (χ1) is 10.4. The molecule has 0 N–H and O–H groups in total. The summed E-state index contributed by atoms with van der Waals surface area (Å²) >= 11 is 0. The average Bonchev–Trinajstić information content (AvgIpc) is 3.09. The third kappa shape index (κ3) is 2.52. The third-order valence-electron chi connectivity index (χ3n) is 5.59. The van der Waals surface area contributed by atoms with Gasteiger partial charge in [-0.2, -0.15) is 0 Å². The molecule has 21 heavy (non-hydrogen) atoms. The molecule has 1 aromatic carbocycles. The van der Waals surface area contributed by atoms with Gasteiger partial charge in [-0.1, -0.05) is 79.5 Å². The molecule has 0 aliphatic heterocycles. The highest BCUT2D eigenvalue weighted by Gasteiger charge is 2.30. The van der Waals surface area contributed by atoms with E-state index in [-0.39, 0.29) is 0 Å². The minimum atomic E-state index is 0.546. The van der Waals surface area contributed by atoms with E-state index in [4.69, 9.17) is 0 Å². The number of rotatable bonds is 2. The Bertz CT molecular complexity index is 584. The second-order valence-electron chi connectivity index (χ2n) is 6.85. The summed E-state index contributed by atoms with van der Waals surface area (Å²) in [6.07, 6.45) is 20.0. The number of allylic oxidation sites excluding steroid dienone is 5. The maximum absolute atomic E-state index is 2.46. The maximum atomic E-state index is 2.46. The van der Waals surface area contributed by atoms with Crippen LogP contribution in [0.5, 0.6) is 0 Å². The van der Waals surface area contributed by atoms with Crippen LogP contribution in [-0.2, 0) is 0 Å². The molecule has 1 aromatic rings. The Balaban J connectivity index is 1.69. The van der Waals surface area contributed by atoms with Crippen LogP contribution >= 0.6 is 0 Å². The maximum Gasteiger partial charge on any atom is 0.0167 e. The molecule has 0 bridgehead atoms. The third-order valence-corrected chi connectivity index (χ3v) is 5.59. The van der Waals surface area contributed by atoms with Crippen LogP contribution in [0, 0.1) is 11.8 Å². The van der Waals surface area contributed by atoms with Gasteiger partial charge in [0, 0.05) is 5.92 Å². The van der Waals surface area contributed by atoms with E-state index in [2.05, 4.69) is 54.6 Å². The smallest absolute Gasteiger partial charge is 0.0167 e. The zero-order valence-electron chi connectivity index (χ0n) is 12.7. The van der Waals surface area contributed by atoms with Gasteiger partial charge in [-0.05, 0) is 42.2 Å². The largest absolute Gasteiger partial charge is 0.0736 e. The van der Waals surface area contributed by atoms with Gasteiger partial charge in [0.2, 0.25) is 0 Å². The Morgan fingerprint density at radius 2 is 1.62 bits per heavy atom. The fourth-order valence-corrected chi connectivity index (χ4v) is 4.47. The van der Waals surface area contributed by atoms with Crippen LogP contribution in [0.25, 0.3) is 6.08 Å². The molecule has 1 saturated carbocycles. The first-order valence-electron chi connectivity index (χ1n) is 8.56. The Kier molecular flexibility index (Phi) is 3.55. The normalized spacial score (nSPS) is 25.9. The predicted octanol–water partition coefficient (Wildman–Crippen LogP) is 5.88. The van der Waals surface area contributed by atoms with Gasteiger partial charge in [-0.15, -0.1) is 0 Å². The first kappa shape index (κ1) is 13.1. The van der Waals surface area contributed by atoms with Gasteiger partial charge in [-0.3, -0.25) is 0 Å². The number of fused-ring (bicyclic) bond motifs is 1. The van der Waals surface area contributed by atoms with Gasteiger partial charge in [0.1, 0.15) is 0 Å². The van der Waals surface area contributed by atoms with Crippen molar-refractivity contribution >= 4 is 6.08 Å². The fourth-order valence-electron chi connectivity index (χ4n) is 4.47. The van der Waals surface area contributed by atoms with Crippen molar-refractivity contribution < 1.29 is 0 Å². The van der Waals surface area contributed by atoms with Gasteiger partial charge in [0.05, 0.1) is 0 Å². The highest BCUT2D eigenvalue weighted by molar-refractivity contribution is 5.63. The summed E-state index contributed by atoms with van der Waals surface area (Å²) in [5.74, 6) is 2.20. The molecule has 0 spiro atoms. The van der Waals surface area contributed by atoms with Gasteiger partial charge in [0.25, 0.3) is 0 Å². The molecular formula is C21H24. The van der Waals surface area contributed by atoms with Crippen molar-refractivity contribution in [2.75, 3.05) is 0 Å². The highest BCUT2D eigenvalue weighted by Crippen LogP contribution is 2.46. The van der Waals surface area contributed by atoms with Crippen LogP contribution < -0.4 is 0 Å². The molecule has 1 unspecified atom stereocenters. The van der Waals surface area contributed by atoms with E-state index in [0.717, 1.165) is 11.8 Å². The SMILES string of the molecule is C1=CC(C2=Cc3ccccc3C(C3CCCCC3)C2)C=C1. The van der Waals surface area contributed by atoms with Crippen LogP contribution in [0.4, 0.5) is 0 Å². The molecule has 3 aliphatic rings. The Morgan fingerprint density at radius 3 is 2.43 bits per heavy atom. The molecule has 0 radical (unpaired) electrons. The van der Waals surface area contributed by atoms with Crippen LogP contribution in [0.2, 0.25) is 0 Å². The molecule has 0 heterocycles. The topological polar surface area (TPSA) is 0 Å². The molecule has 0 saturated heterocycles. The zero-order valence-corrected chi connectivity index (χ0v) is 12.7. The molecule has 0 amide bonds. The number of benzene rings is 1. The summed E-state index contributed by atoms with van der Waals surface area (Å²) < 4.78 is 0. The quantitative estimate of drug-likeness (QED) is 0.632. The van der Waals surface area contributed by atoms with Crippen LogP contribution in [0.3, 0.4) is 0 Å². The molecule has 0 heteroatoms. The van der Waals surface area contributed by atoms with Crippen molar-refractivity contribution in [2.45, 2.75) is 44.4 Å². The Hall–Kier alpha value is -1.56. The standard InChI is InChI=1S/C21H24/c1-2-10-17(11-3-1)21-15-19(16-8-4-5-9-16)14-18-12-6-7-13-20(18)21/h4-9,12-14,16-17,21H,1-3,10-11,15H2. The summed E-state index contributed by atoms with van der Waals surface area (Å²) in [5, 5.41) is 0. The van der Waals surface area contributed by atoms with E-state index in [9.17, 15) is 0 Å².